The van der Waals surface area contributed by atoms with E-state index in [1.807, 2.05) is 60.7 Å². The lowest BCUT2D eigenvalue weighted by Crippen LogP contribution is -2.11. The number of hydrogen-bond acceptors (Lipinski definition) is 4. The van der Waals surface area contributed by atoms with Gasteiger partial charge in [-0.1, -0.05) is 93.6 Å². The topological polar surface area (TPSA) is 49.8 Å². The average molecular weight is 564 g/mol. The number of para-hydroxylation sites is 2. The molecule has 1 N–H and O–H groups in total. The van der Waals surface area contributed by atoms with E-state index in [9.17, 15) is 5.11 Å². The van der Waals surface area contributed by atoms with Gasteiger partial charge in [-0.05, 0) is 64.1 Å². The third-order valence-corrected chi connectivity index (χ3v) is 8.35. The van der Waals surface area contributed by atoms with Crippen LogP contribution < -0.4 is 0 Å². The van der Waals surface area contributed by atoms with E-state index in [1.165, 1.54) is 0 Å². The number of nitrogens with zero attached hydrogens (tertiary/aromatic N) is 3. The third-order valence-electron chi connectivity index (χ3n) is 7.29. The van der Waals surface area contributed by atoms with E-state index in [-0.39, 0.29) is 11.2 Å². The predicted molar refractivity (Wildman–Crippen MR) is 176 cm³/mol. The SMILES string of the molecule is [C-]#[N+]c1ccc(-c2cccc(-c3cccc4sc(-c5ccccc5N=Cc5cc(C(C)(C)C)ccc5O)nc34)c2)cc1. The second-order valence-corrected chi connectivity index (χ2v) is 12.2. The molecule has 0 aliphatic carbocycles. The van der Waals surface area contributed by atoms with Gasteiger partial charge in [-0.25, -0.2) is 9.83 Å². The molecule has 0 saturated heterocycles. The number of aromatic hydroxyl groups is 1. The summed E-state index contributed by atoms with van der Waals surface area (Å²) in [6.45, 7) is 13.7. The Balaban J connectivity index is 1.38. The molecule has 0 fully saturated rings. The first-order valence-corrected chi connectivity index (χ1v) is 14.6. The minimum atomic E-state index is -0.0323. The maximum atomic E-state index is 10.5. The van der Waals surface area contributed by atoms with E-state index < -0.39 is 0 Å². The number of aromatic nitrogens is 1. The highest BCUT2D eigenvalue weighted by molar-refractivity contribution is 7.21. The van der Waals surface area contributed by atoms with E-state index in [2.05, 4.69) is 68.1 Å². The molecule has 4 nitrogen and oxygen atoms in total. The Morgan fingerprint density at radius 2 is 1.52 bits per heavy atom. The molecular formula is C37H29N3OS. The minimum absolute atomic E-state index is 0.0323. The van der Waals surface area contributed by atoms with Gasteiger partial charge in [0.1, 0.15) is 10.8 Å². The molecule has 0 saturated carbocycles. The van der Waals surface area contributed by atoms with Crippen LogP contribution in [0.25, 0.3) is 47.9 Å². The molecule has 0 unspecified atom stereocenters. The van der Waals surface area contributed by atoms with Gasteiger partial charge < -0.3 is 5.11 Å². The molecule has 1 aromatic heterocycles. The van der Waals surface area contributed by atoms with Crippen molar-refractivity contribution in [3.63, 3.8) is 0 Å². The van der Waals surface area contributed by atoms with Gasteiger partial charge in [0.15, 0.2) is 5.69 Å². The van der Waals surface area contributed by atoms with Crippen molar-refractivity contribution in [2.24, 2.45) is 4.99 Å². The second-order valence-electron chi connectivity index (χ2n) is 11.2. The standard InChI is InChI=1S/C37H29N3OS/c1-37(2,3)28-17-20-33(41)27(22-28)23-39-32-13-6-5-11-31(32)36-40-35-30(12-8-14-34(35)42-36)26-10-7-9-25(21-26)24-15-18-29(38-4)19-16-24/h5-23,41H,1-3H3. The zero-order chi connectivity index (χ0) is 29.3. The van der Waals surface area contributed by atoms with Gasteiger partial charge in [0, 0.05) is 22.9 Å². The summed E-state index contributed by atoms with van der Waals surface area (Å²) >= 11 is 1.65. The van der Waals surface area contributed by atoms with Gasteiger partial charge in [-0.2, -0.15) is 0 Å². The monoisotopic (exact) mass is 563 g/mol. The number of phenolic OH excluding ortho intramolecular Hbond substituents is 1. The smallest absolute Gasteiger partial charge is 0.187 e. The lowest BCUT2D eigenvalue weighted by atomic mass is 9.86. The average Bonchev–Trinajstić information content (AvgIpc) is 3.45. The van der Waals surface area contributed by atoms with E-state index in [1.54, 1.807) is 23.6 Å². The van der Waals surface area contributed by atoms with Gasteiger partial charge in [-0.15, -0.1) is 11.3 Å². The second kappa shape index (κ2) is 11.1. The molecule has 0 aliphatic rings. The maximum Gasteiger partial charge on any atom is 0.187 e. The summed E-state index contributed by atoms with van der Waals surface area (Å²) in [6, 6.07) is 36.1. The Morgan fingerprint density at radius 3 is 2.31 bits per heavy atom. The molecule has 6 aromatic rings. The van der Waals surface area contributed by atoms with E-state index in [0.29, 0.717) is 11.3 Å². The molecule has 204 valence electrons. The minimum Gasteiger partial charge on any atom is -0.507 e. The fourth-order valence-electron chi connectivity index (χ4n) is 4.92. The fraction of sp³-hybridized carbons (Fsp3) is 0.108. The quantitative estimate of drug-likeness (QED) is 0.168. The number of thiazole rings is 1. The number of hydrogen-bond donors (Lipinski definition) is 1. The van der Waals surface area contributed by atoms with Crippen LogP contribution >= 0.6 is 11.3 Å². The first-order chi connectivity index (χ1) is 20.3. The summed E-state index contributed by atoms with van der Waals surface area (Å²) < 4.78 is 1.10. The normalized spacial score (nSPS) is 11.7. The third kappa shape index (κ3) is 5.45. The van der Waals surface area contributed by atoms with Crippen molar-refractivity contribution in [3.8, 4) is 38.6 Å². The molecule has 0 bridgehead atoms. The molecule has 5 heteroatoms. The van der Waals surface area contributed by atoms with Crippen molar-refractivity contribution < 1.29 is 5.11 Å². The Morgan fingerprint density at radius 1 is 0.786 bits per heavy atom. The van der Waals surface area contributed by atoms with Gasteiger partial charge in [-0.3, -0.25) is 4.99 Å². The van der Waals surface area contributed by atoms with Crippen molar-refractivity contribution in [2.45, 2.75) is 26.2 Å². The van der Waals surface area contributed by atoms with Gasteiger partial charge in [0.05, 0.1) is 22.5 Å². The molecule has 42 heavy (non-hydrogen) atoms. The van der Waals surface area contributed by atoms with Crippen LogP contribution in [0.3, 0.4) is 0 Å². The largest absolute Gasteiger partial charge is 0.507 e. The zero-order valence-corrected chi connectivity index (χ0v) is 24.5. The van der Waals surface area contributed by atoms with Gasteiger partial charge >= 0.3 is 0 Å². The summed E-state index contributed by atoms with van der Waals surface area (Å²) in [5, 5.41) is 11.4. The molecule has 0 radical (unpaired) electrons. The Labute approximate surface area is 250 Å². The van der Waals surface area contributed by atoms with Crippen LogP contribution in [0, 0.1) is 6.57 Å². The molecule has 5 aromatic carbocycles. The molecule has 6 rings (SSSR count). The summed E-state index contributed by atoms with van der Waals surface area (Å²) in [5.41, 5.74) is 9.44. The van der Waals surface area contributed by atoms with Crippen molar-refractivity contribution in [1.29, 1.82) is 0 Å². The number of benzene rings is 5. The van der Waals surface area contributed by atoms with Crippen LogP contribution in [0.1, 0.15) is 31.9 Å². The van der Waals surface area contributed by atoms with Crippen LogP contribution in [0.2, 0.25) is 0 Å². The fourth-order valence-corrected chi connectivity index (χ4v) is 5.95. The van der Waals surface area contributed by atoms with Crippen LogP contribution in [-0.2, 0) is 5.41 Å². The number of fused-ring (bicyclic) bond motifs is 1. The molecule has 0 atom stereocenters. The maximum absolute atomic E-state index is 10.5. The first kappa shape index (κ1) is 27.1. The molecule has 0 spiro atoms. The number of aliphatic imine (C=N–C) groups is 1. The van der Waals surface area contributed by atoms with Crippen LogP contribution in [0.4, 0.5) is 11.4 Å². The molecule has 0 amide bonds. The summed E-state index contributed by atoms with van der Waals surface area (Å²) in [6.07, 6.45) is 1.73. The molecule has 1 heterocycles. The zero-order valence-electron chi connectivity index (χ0n) is 23.7. The first-order valence-electron chi connectivity index (χ1n) is 13.7. The highest BCUT2D eigenvalue weighted by atomic mass is 32.1. The summed E-state index contributed by atoms with van der Waals surface area (Å²) in [5.74, 6) is 0.207. The molecule has 0 aliphatic heterocycles. The lowest BCUT2D eigenvalue weighted by molar-refractivity contribution is 0.473. The Hall–Kier alpha value is -5.05. The Kier molecular flexibility index (Phi) is 7.16. The van der Waals surface area contributed by atoms with Gasteiger partial charge in [0.2, 0.25) is 0 Å². The van der Waals surface area contributed by atoms with Crippen molar-refractivity contribution >= 4 is 39.1 Å². The van der Waals surface area contributed by atoms with Crippen LogP contribution in [0.15, 0.2) is 114 Å². The van der Waals surface area contributed by atoms with E-state index in [4.69, 9.17) is 16.5 Å². The summed E-state index contributed by atoms with van der Waals surface area (Å²) in [4.78, 5) is 13.4. The molecular weight excluding hydrogens is 534 g/mol. The van der Waals surface area contributed by atoms with Crippen LogP contribution in [-0.4, -0.2) is 16.3 Å². The van der Waals surface area contributed by atoms with E-state index in [0.717, 1.165) is 54.3 Å². The number of rotatable bonds is 5. The predicted octanol–water partition coefficient (Wildman–Crippen LogP) is 10.6. The van der Waals surface area contributed by atoms with Crippen LogP contribution in [0.5, 0.6) is 5.75 Å². The summed E-state index contributed by atoms with van der Waals surface area (Å²) in [7, 11) is 0. The van der Waals surface area contributed by atoms with Crippen molar-refractivity contribution in [2.75, 3.05) is 0 Å². The van der Waals surface area contributed by atoms with Crippen molar-refractivity contribution in [3.05, 3.63) is 132 Å². The van der Waals surface area contributed by atoms with E-state index >= 15 is 0 Å². The van der Waals surface area contributed by atoms with Crippen molar-refractivity contribution in [1.82, 2.24) is 4.98 Å². The number of phenols is 1. The highest BCUT2D eigenvalue weighted by Gasteiger charge is 2.16. The highest BCUT2D eigenvalue weighted by Crippen LogP contribution is 2.40. The lowest BCUT2D eigenvalue weighted by Gasteiger charge is -2.19. The Bertz CT molecular complexity index is 1990. The van der Waals surface area contributed by atoms with Gasteiger partial charge in [0.25, 0.3) is 0 Å².